The van der Waals surface area contributed by atoms with E-state index in [1.54, 1.807) is 17.9 Å². The van der Waals surface area contributed by atoms with Crippen molar-refractivity contribution >= 4 is 11.8 Å². The summed E-state index contributed by atoms with van der Waals surface area (Å²) in [4.78, 5) is 29.2. The van der Waals surface area contributed by atoms with E-state index in [0.29, 0.717) is 36.8 Å². The van der Waals surface area contributed by atoms with Crippen molar-refractivity contribution in [3.8, 4) is 0 Å². The van der Waals surface area contributed by atoms with E-state index in [9.17, 15) is 9.59 Å². The van der Waals surface area contributed by atoms with E-state index < -0.39 is 0 Å². The second-order valence-corrected chi connectivity index (χ2v) is 7.95. The molecule has 2 heterocycles. The van der Waals surface area contributed by atoms with Gasteiger partial charge in [-0.1, -0.05) is 37.3 Å². The highest BCUT2D eigenvalue weighted by Crippen LogP contribution is 2.22. The van der Waals surface area contributed by atoms with Crippen LogP contribution in [-0.2, 0) is 11.2 Å². The van der Waals surface area contributed by atoms with Crippen LogP contribution in [0.2, 0.25) is 0 Å². The Morgan fingerprint density at radius 1 is 1.10 bits per heavy atom. The molecule has 2 aromatic rings. The number of aryl methyl sites for hydroxylation is 1. The Kier molecular flexibility index (Phi) is 7.50. The van der Waals surface area contributed by atoms with Crippen LogP contribution in [0.1, 0.15) is 54.3 Å². The van der Waals surface area contributed by atoms with Crippen LogP contribution in [0, 0.1) is 12.8 Å². The first-order chi connectivity index (χ1) is 14.1. The lowest BCUT2D eigenvalue weighted by Crippen LogP contribution is -2.41. The maximum absolute atomic E-state index is 12.8. The van der Waals surface area contributed by atoms with E-state index in [1.165, 1.54) is 11.8 Å². The van der Waals surface area contributed by atoms with Gasteiger partial charge in [-0.2, -0.15) is 0 Å². The molecule has 0 N–H and O–H groups in total. The first-order valence-electron chi connectivity index (χ1n) is 10.7. The van der Waals surface area contributed by atoms with Crippen molar-refractivity contribution in [3.63, 3.8) is 0 Å². The number of furan rings is 1. The first-order valence-corrected chi connectivity index (χ1v) is 10.7. The highest BCUT2D eigenvalue weighted by atomic mass is 16.3. The van der Waals surface area contributed by atoms with E-state index >= 15 is 0 Å². The molecular weight excluding hydrogens is 364 g/mol. The number of piperidine rings is 1. The molecule has 3 rings (SSSR count). The number of likely N-dealkylation sites (tertiary alicyclic amines) is 1. The third kappa shape index (κ3) is 5.72. The molecule has 1 saturated heterocycles. The molecule has 29 heavy (non-hydrogen) atoms. The molecule has 1 aromatic heterocycles. The zero-order valence-electron chi connectivity index (χ0n) is 17.6. The van der Waals surface area contributed by atoms with E-state index in [1.807, 2.05) is 17.9 Å². The molecule has 1 aliphatic heterocycles. The van der Waals surface area contributed by atoms with Crippen LogP contribution in [0.3, 0.4) is 0 Å². The molecule has 5 heteroatoms. The van der Waals surface area contributed by atoms with Gasteiger partial charge in [0.05, 0.1) is 11.8 Å². The van der Waals surface area contributed by atoms with Crippen molar-refractivity contribution in [2.45, 2.75) is 46.0 Å². The predicted octanol–water partition coefficient (Wildman–Crippen LogP) is 4.31. The lowest BCUT2D eigenvalue weighted by Gasteiger charge is -2.33. The summed E-state index contributed by atoms with van der Waals surface area (Å²) in [5.41, 5.74) is 1.97. The van der Waals surface area contributed by atoms with Gasteiger partial charge in [0, 0.05) is 32.6 Å². The van der Waals surface area contributed by atoms with Gasteiger partial charge >= 0.3 is 0 Å². The van der Waals surface area contributed by atoms with Crippen LogP contribution in [0.25, 0.3) is 0 Å². The minimum absolute atomic E-state index is 0.0486. The molecule has 0 saturated carbocycles. The SMILES string of the molecule is CCCN(CCC(=O)N1CCC(Cc2ccccc2)CC1)C(=O)c1ccoc1C. The summed E-state index contributed by atoms with van der Waals surface area (Å²) in [6.07, 6.45) is 5.97. The average molecular weight is 397 g/mol. The number of rotatable bonds is 8. The molecule has 1 aromatic carbocycles. The lowest BCUT2D eigenvalue weighted by molar-refractivity contribution is -0.132. The summed E-state index contributed by atoms with van der Waals surface area (Å²) >= 11 is 0. The topological polar surface area (TPSA) is 53.8 Å². The van der Waals surface area contributed by atoms with Gasteiger partial charge in [0.2, 0.25) is 5.91 Å². The zero-order valence-corrected chi connectivity index (χ0v) is 17.6. The molecule has 0 spiro atoms. The normalized spacial score (nSPS) is 14.8. The Morgan fingerprint density at radius 3 is 2.45 bits per heavy atom. The fourth-order valence-electron chi connectivity index (χ4n) is 4.08. The van der Waals surface area contributed by atoms with Crippen molar-refractivity contribution < 1.29 is 14.0 Å². The number of nitrogens with zero attached hydrogens (tertiary/aromatic N) is 2. The monoisotopic (exact) mass is 396 g/mol. The van der Waals surface area contributed by atoms with Crippen molar-refractivity contribution in [1.29, 1.82) is 0 Å². The van der Waals surface area contributed by atoms with Gasteiger partial charge in [0.25, 0.3) is 5.91 Å². The number of benzene rings is 1. The number of hydrogen-bond donors (Lipinski definition) is 0. The summed E-state index contributed by atoms with van der Waals surface area (Å²) < 4.78 is 5.26. The zero-order chi connectivity index (χ0) is 20.6. The molecule has 156 valence electrons. The summed E-state index contributed by atoms with van der Waals surface area (Å²) in [7, 11) is 0. The highest BCUT2D eigenvalue weighted by Gasteiger charge is 2.24. The molecule has 0 bridgehead atoms. The van der Waals surface area contributed by atoms with E-state index in [4.69, 9.17) is 4.42 Å². The summed E-state index contributed by atoms with van der Waals surface area (Å²) in [6.45, 7) is 6.58. The maximum atomic E-state index is 12.8. The van der Waals surface area contributed by atoms with Gasteiger partial charge in [-0.05, 0) is 50.2 Å². The molecule has 2 amide bonds. The Bertz CT molecular complexity index is 791. The van der Waals surface area contributed by atoms with E-state index in [-0.39, 0.29) is 11.8 Å². The van der Waals surface area contributed by atoms with Crippen molar-refractivity contribution in [2.75, 3.05) is 26.2 Å². The minimum Gasteiger partial charge on any atom is -0.469 e. The fraction of sp³-hybridized carbons (Fsp3) is 0.500. The van der Waals surface area contributed by atoms with Gasteiger partial charge in [0.1, 0.15) is 5.76 Å². The summed E-state index contributed by atoms with van der Waals surface area (Å²) in [5, 5.41) is 0. The average Bonchev–Trinajstić information content (AvgIpc) is 3.17. The second-order valence-electron chi connectivity index (χ2n) is 7.95. The largest absolute Gasteiger partial charge is 0.469 e. The van der Waals surface area contributed by atoms with Gasteiger partial charge in [-0.15, -0.1) is 0 Å². The summed E-state index contributed by atoms with van der Waals surface area (Å²) in [5.74, 6) is 1.38. The van der Waals surface area contributed by atoms with Crippen LogP contribution in [0.4, 0.5) is 0 Å². The minimum atomic E-state index is -0.0486. The number of carbonyl (C=O) groups is 2. The third-order valence-electron chi connectivity index (χ3n) is 5.80. The Balaban J connectivity index is 1.47. The quantitative estimate of drug-likeness (QED) is 0.668. The molecular formula is C24H32N2O3. The molecule has 1 aliphatic rings. The van der Waals surface area contributed by atoms with Crippen molar-refractivity contribution in [3.05, 3.63) is 59.5 Å². The Hall–Kier alpha value is -2.56. The Labute approximate surface area is 173 Å². The van der Waals surface area contributed by atoms with Crippen molar-refractivity contribution in [1.82, 2.24) is 9.80 Å². The maximum Gasteiger partial charge on any atom is 0.257 e. The molecule has 1 fully saturated rings. The van der Waals surface area contributed by atoms with Crippen LogP contribution < -0.4 is 0 Å². The van der Waals surface area contributed by atoms with Crippen LogP contribution in [0.15, 0.2) is 47.1 Å². The van der Waals surface area contributed by atoms with Crippen LogP contribution in [0.5, 0.6) is 0 Å². The van der Waals surface area contributed by atoms with Crippen LogP contribution >= 0.6 is 0 Å². The van der Waals surface area contributed by atoms with Crippen molar-refractivity contribution in [2.24, 2.45) is 5.92 Å². The smallest absolute Gasteiger partial charge is 0.257 e. The van der Waals surface area contributed by atoms with Crippen LogP contribution in [-0.4, -0.2) is 47.8 Å². The molecule has 0 atom stereocenters. The molecule has 5 nitrogen and oxygen atoms in total. The molecule has 0 unspecified atom stereocenters. The molecule has 0 aliphatic carbocycles. The number of amides is 2. The van der Waals surface area contributed by atoms with Gasteiger partial charge in [0.15, 0.2) is 0 Å². The summed E-state index contributed by atoms with van der Waals surface area (Å²) in [6, 6.07) is 12.3. The lowest BCUT2D eigenvalue weighted by atomic mass is 9.90. The highest BCUT2D eigenvalue weighted by molar-refractivity contribution is 5.95. The molecule has 0 radical (unpaired) electrons. The second kappa shape index (κ2) is 10.3. The predicted molar refractivity (Wildman–Crippen MR) is 114 cm³/mol. The Morgan fingerprint density at radius 2 is 1.83 bits per heavy atom. The van der Waals surface area contributed by atoms with Gasteiger partial charge < -0.3 is 14.2 Å². The third-order valence-corrected chi connectivity index (χ3v) is 5.80. The standard InChI is InChI=1S/C24H32N2O3/c1-3-13-26(24(28)22-12-17-29-19(22)2)16-11-23(27)25-14-9-21(10-15-25)18-20-7-5-4-6-8-20/h4-8,12,17,21H,3,9-11,13-16,18H2,1-2H3. The fourth-order valence-corrected chi connectivity index (χ4v) is 4.08. The van der Waals surface area contributed by atoms with Gasteiger partial charge in [-0.25, -0.2) is 0 Å². The number of hydrogen-bond acceptors (Lipinski definition) is 3. The van der Waals surface area contributed by atoms with E-state index in [0.717, 1.165) is 38.8 Å². The van der Waals surface area contributed by atoms with Gasteiger partial charge in [-0.3, -0.25) is 9.59 Å². The van der Waals surface area contributed by atoms with E-state index in [2.05, 4.69) is 24.3 Å². The number of carbonyl (C=O) groups excluding carboxylic acids is 2. The first kappa shape index (κ1) is 21.2.